The van der Waals surface area contributed by atoms with E-state index in [1.54, 1.807) is 12.1 Å². The zero-order valence-corrected chi connectivity index (χ0v) is 44.4. The lowest BCUT2D eigenvalue weighted by Gasteiger charge is -2.47. The molecule has 2 saturated heterocycles. The number of alkyl halides is 3. The van der Waals surface area contributed by atoms with E-state index in [2.05, 4.69) is 71.7 Å². The van der Waals surface area contributed by atoms with Gasteiger partial charge in [0.05, 0.1) is 10.6 Å². The monoisotopic (exact) mass is 1050 g/mol. The van der Waals surface area contributed by atoms with E-state index >= 15 is 0 Å². The summed E-state index contributed by atoms with van der Waals surface area (Å²) in [4.78, 5) is 22.2. The van der Waals surface area contributed by atoms with Crippen molar-refractivity contribution in [2.24, 2.45) is 5.41 Å². The molecule has 0 radical (unpaired) electrons. The number of carbonyl (C=O) groups excluding carboxylic acids is 1. The number of nitrogens with one attached hydrogen (secondary N) is 2. The number of anilines is 2. The van der Waals surface area contributed by atoms with Gasteiger partial charge in [-0.2, -0.15) is 13.2 Å². The lowest BCUT2D eigenvalue weighted by Crippen LogP contribution is -2.55. The molecule has 1 amide bonds. The molecule has 384 valence electrons. The molecule has 4 aromatic carbocycles. The van der Waals surface area contributed by atoms with E-state index in [0.717, 1.165) is 111 Å². The third kappa shape index (κ3) is 12.8. The fourth-order valence-electron chi connectivity index (χ4n) is 10.5. The summed E-state index contributed by atoms with van der Waals surface area (Å²) in [5.74, 6) is -0.599. The van der Waals surface area contributed by atoms with Crippen LogP contribution in [0.5, 0.6) is 0 Å². The van der Waals surface area contributed by atoms with Crippen LogP contribution in [-0.2, 0) is 26.3 Å². The molecule has 71 heavy (non-hydrogen) atoms. The zero-order valence-electron chi connectivity index (χ0n) is 41.2. The largest absolute Gasteiger partial charge is 0.501 e. The zero-order chi connectivity index (χ0) is 50.9. The predicted molar refractivity (Wildman–Crippen MR) is 280 cm³/mol. The maximum atomic E-state index is 14.4. The summed E-state index contributed by atoms with van der Waals surface area (Å²) in [6.45, 7) is 18.5. The fourth-order valence-corrected chi connectivity index (χ4v) is 13.6. The number of sulfone groups is 1. The van der Waals surface area contributed by atoms with Crippen molar-refractivity contribution < 1.29 is 34.8 Å². The van der Waals surface area contributed by atoms with Crippen LogP contribution in [0, 0.1) is 5.41 Å². The second-order valence-electron chi connectivity index (χ2n) is 21.2. The van der Waals surface area contributed by atoms with Crippen molar-refractivity contribution in [2.45, 2.75) is 111 Å². The van der Waals surface area contributed by atoms with Gasteiger partial charge >= 0.3 is 5.51 Å². The highest BCUT2D eigenvalue weighted by Gasteiger charge is 2.49. The number of halogens is 4. The second kappa shape index (κ2) is 21.4. The minimum atomic E-state index is -6.07. The van der Waals surface area contributed by atoms with Crippen LogP contribution in [0.15, 0.2) is 111 Å². The summed E-state index contributed by atoms with van der Waals surface area (Å²) >= 11 is 7.71. The van der Waals surface area contributed by atoms with Crippen molar-refractivity contribution in [3.05, 3.63) is 118 Å². The molecule has 2 N–H and O–H groups in total. The quantitative estimate of drug-likeness (QED) is 0.111. The highest BCUT2D eigenvalue weighted by Crippen LogP contribution is 2.44. The molecule has 18 heteroatoms. The van der Waals surface area contributed by atoms with Crippen LogP contribution in [0.25, 0.3) is 5.57 Å². The van der Waals surface area contributed by atoms with Gasteiger partial charge in [-0.15, -0.1) is 11.8 Å². The Morgan fingerprint density at radius 3 is 2.25 bits per heavy atom. The maximum Gasteiger partial charge on any atom is 0.501 e. The van der Waals surface area contributed by atoms with Crippen molar-refractivity contribution in [3.8, 4) is 0 Å². The molecule has 11 nitrogen and oxygen atoms in total. The van der Waals surface area contributed by atoms with Crippen LogP contribution >= 0.6 is 23.4 Å². The number of aryl methyl sites for hydroxylation is 1. The molecule has 0 aromatic heterocycles. The van der Waals surface area contributed by atoms with Gasteiger partial charge in [0.25, 0.3) is 25.8 Å². The molecule has 2 fully saturated rings. The van der Waals surface area contributed by atoms with Crippen molar-refractivity contribution in [3.63, 3.8) is 0 Å². The molecule has 1 aliphatic carbocycles. The fraction of sp³-hybridized carbons (Fsp3) is 0.491. The predicted octanol–water partition coefficient (Wildman–Crippen LogP) is 10.2. The number of carbonyl (C=O) groups is 1. The Balaban J connectivity index is 0.960. The van der Waals surface area contributed by atoms with E-state index in [9.17, 15) is 34.8 Å². The number of thioether (sulfide) groups is 1. The van der Waals surface area contributed by atoms with Crippen LogP contribution < -0.4 is 14.9 Å². The SMILES string of the molecule is CC1(C)CCC(c2ccc(Cl)cc2)=C(CN2CCN3c4ccc(C(=O)NS(=O)(=O)c5ccc(NC(CCN6CCN(C(C)(C)C)CC6)CSc6ccccc6)c(S(=O)(=O)C(F)(F)F)c5)cc4CCC3C2)C1. The minimum Gasteiger partial charge on any atom is -0.380 e. The van der Waals surface area contributed by atoms with Gasteiger partial charge in [0.2, 0.25) is 0 Å². The lowest BCUT2D eigenvalue weighted by atomic mass is 9.72. The molecule has 0 bridgehead atoms. The number of piperazine rings is 2. The van der Waals surface area contributed by atoms with E-state index in [-0.39, 0.29) is 28.2 Å². The first kappa shape index (κ1) is 53.2. The number of amides is 1. The first-order chi connectivity index (χ1) is 33.5. The highest BCUT2D eigenvalue weighted by molar-refractivity contribution is 7.99. The minimum absolute atomic E-state index is 0.0190. The van der Waals surface area contributed by atoms with Crippen LogP contribution in [-0.4, -0.2) is 125 Å². The van der Waals surface area contributed by atoms with Crippen LogP contribution in [0.2, 0.25) is 5.02 Å². The topological polar surface area (TPSA) is 122 Å². The summed E-state index contributed by atoms with van der Waals surface area (Å²) in [7, 11) is -10.9. The van der Waals surface area contributed by atoms with Crippen molar-refractivity contribution in [2.75, 3.05) is 74.9 Å². The van der Waals surface area contributed by atoms with Crippen LogP contribution in [0.4, 0.5) is 24.5 Å². The maximum absolute atomic E-state index is 14.4. The number of fused-ring (bicyclic) bond motifs is 3. The van der Waals surface area contributed by atoms with Gasteiger partial charge in [-0.25, -0.2) is 21.6 Å². The van der Waals surface area contributed by atoms with E-state index in [1.165, 1.54) is 28.5 Å². The molecule has 3 heterocycles. The van der Waals surface area contributed by atoms with Crippen molar-refractivity contribution in [1.29, 1.82) is 0 Å². The normalized spacial score (nSPS) is 20.0. The molecular formula is C53H66ClF3N6O5S3. The second-order valence-corrected chi connectivity index (χ2v) is 26.3. The molecule has 2 unspecified atom stereocenters. The smallest absolute Gasteiger partial charge is 0.380 e. The number of hydrogen-bond acceptors (Lipinski definition) is 11. The molecule has 3 aliphatic heterocycles. The number of hydrogen-bond donors (Lipinski definition) is 2. The van der Waals surface area contributed by atoms with Gasteiger partial charge in [0.15, 0.2) is 0 Å². The summed E-state index contributed by atoms with van der Waals surface area (Å²) in [5, 5.41) is 3.79. The van der Waals surface area contributed by atoms with Gasteiger partial charge in [-0.1, -0.05) is 61.4 Å². The van der Waals surface area contributed by atoms with Gasteiger partial charge in [0.1, 0.15) is 4.90 Å². The number of rotatable bonds is 15. The molecule has 4 aromatic rings. The number of sulfonamides is 1. The standard InChI is InChI=1S/C53H66ClF3N6O5S3/c1-51(2,3)62-28-25-60(26-29-62)24-22-42(36-69-44-9-7-6-8-10-44)58-47-19-18-45(32-49(47)70(65,66)53(55,56)57)71(67,68)59-50(64)39-14-20-48-38(31-39)13-17-43-35-61(27-30-63(43)48)34-40-33-52(4,5)23-21-46(40)37-11-15-41(54)16-12-37/h6-12,14-16,18-20,31-32,42-43,58H,13,17,21-30,33-36H2,1-5H3,(H,59,64). The summed E-state index contributed by atoms with van der Waals surface area (Å²) in [6, 6.07) is 25.0. The number of nitrogens with zero attached hydrogens (tertiary/aromatic N) is 4. The van der Waals surface area contributed by atoms with Crippen LogP contribution in [0.1, 0.15) is 88.2 Å². The first-order valence-corrected chi connectivity index (χ1v) is 28.8. The average Bonchev–Trinajstić information content (AvgIpc) is 3.32. The number of benzene rings is 4. The molecular weight excluding hydrogens is 989 g/mol. The van der Waals surface area contributed by atoms with Crippen LogP contribution in [0.3, 0.4) is 0 Å². The average molecular weight is 1060 g/mol. The Morgan fingerprint density at radius 2 is 1.56 bits per heavy atom. The Labute approximate surface area is 427 Å². The molecule has 4 aliphatic rings. The third-order valence-electron chi connectivity index (χ3n) is 14.5. The lowest BCUT2D eigenvalue weighted by molar-refractivity contribution is -0.0435. The summed E-state index contributed by atoms with van der Waals surface area (Å²) in [6.07, 6.45) is 5.14. The van der Waals surface area contributed by atoms with Gasteiger partial charge < -0.3 is 15.1 Å². The van der Waals surface area contributed by atoms with Gasteiger partial charge in [-0.05, 0) is 142 Å². The Hall–Kier alpha value is -4.10. The molecule has 0 saturated carbocycles. The van der Waals surface area contributed by atoms with Crippen molar-refractivity contribution in [1.82, 2.24) is 19.4 Å². The van der Waals surface area contributed by atoms with E-state index in [0.29, 0.717) is 31.2 Å². The Bertz CT molecular complexity index is 2820. The molecule has 2 atom stereocenters. The van der Waals surface area contributed by atoms with Gasteiger partial charge in [0, 0.05) is 103 Å². The molecule has 0 spiro atoms. The van der Waals surface area contributed by atoms with E-state index < -0.39 is 47.1 Å². The van der Waals surface area contributed by atoms with E-state index in [4.69, 9.17) is 11.6 Å². The summed E-state index contributed by atoms with van der Waals surface area (Å²) in [5.41, 5.74) is 0.162. The summed E-state index contributed by atoms with van der Waals surface area (Å²) < 4.78 is 99.3. The number of allylic oxidation sites excluding steroid dienone is 1. The van der Waals surface area contributed by atoms with Gasteiger partial charge in [-0.3, -0.25) is 14.6 Å². The van der Waals surface area contributed by atoms with Crippen molar-refractivity contribution >= 4 is 66.1 Å². The molecule has 8 rings (SSSR count). The first-order valence-electron chi connectivity index (χ1n) is 24.5. The Kier molecular flexibility index (Phi) is 16.0. The third-order valence-corrected chi connectivity index (χ3v) is 18.8. The highest BCUT2D eigenvalue weighted by atomic mass is 35.5. The van der Waals surface area contributed by atoms with E-state index in [1.807, 2.05) is 53.3 Å². The Morgan fingerprint density at radius 1 is 0.859 bits per heavy atom.